The summed E-state index contributed by atoms with van der Waals surface area (Å²) in [7, 11) is 0. The van der Waals surface area contributed by atoms with Gasteiger partial charge in [-0.05, 0) is 24.3 Å². The molecule has 0 unspecified atom stereocenters. The maximum atomic E-state index is 12.0. The van der Waals surface area contributed by atoms with Gasteiger partial charge in [-0.3, -0.25) is 30.4 Å². The van der Waals surface area contributed by atoms with Crippen molar-refractivity contribution in [2.75, 3.05) is 13.2 Å². The van der Waals surface area contributed by atoms with Crippen LogP contribution in [-0.4, -0.2) is 35.0 Å². The van der Waals surface area contributed by atoms with Gasteiger partial charge in [0, 0.05) is 24.0 Å². The number of fused-ring (bicyclic) bond motifs is 1. The number of carbonyl (C=O) groups excluding carboxylic acids is 2. The molecule has 0 bridgehead atoms. The topological polar surface area (TPSA) is 102 Å². The van der Waals surface area contributed by atoms with Gasteiger partial charge in [0.25, 0.3) is 11.8 Å². The van der Waals surface area contributed by atoms with Gasteiger partial charge in [0.15, 0.2) is 11.5 Å². The standard InChI is InChI=1S/C16H14N4O4/c21-15(4-2-12-10-17-5-6-18-12)19-20-16(22)11-1-3-13-14(9-11)24-8-7-23-13/h1-6,9-10H,7-8H2,(H,19,21)(H,20,22). The Bertz CT molecular complexity index is 777. The molecule has 122 valence electrons. The number of aromatic nitrogens is 2. The molecule has 3 rings (SSSR count). The molecule has 1 aromatic heterocycles. The van der Waals surface area contributed by atoms with Crippen LogP contribution < -0.4 is 20.3 Å². The Morgan fingerprint density at radius 2 is 1.92 bits per heavy atom. The van der Waals surface area contributed by atoms with Crippen LogP contribution >= 0.6 is 0 Å². The van der Waals surface area contributed by atoms with E-state index in [1.54, 1.807) is 18.2 Å². The number of hydrogen-bond donors (Lipinski definition) is 2. The number of carbonyl (C=O) groups is 2. The smallest absolute Gasteiger partial charge is 0.269 e. The minimum absolute atomic E-state index is 0.345. The second kappa shape index (κ2) is 7.23. The fraction of sp³-hybridized carbons (Fsp3) is 0.125. The van der Waals surface area contributed by atoms with Crippen LogP contribution in [0, 0.1) is 0 Å². The maximum Gasteiger partial charge on any atom is 0.269 e. The number of hydrogen-bond acceptors (Lipinski definition) is 6. The van der Waals surface area contributed by atoms with Crippen molar-refractivity contribution in [3.63, 3.8) is 0 Å². The van der Waals surface area contributed by atoms with E-state index in [9.17, 15) is 9.59 Å². The van der Waals surface area contributed by atoms with Gasteiger partial charge in [-0.2, -0.15) is 0 Å². The highest BCUT2D eigenvalue weighted by Gasteiger charge is 2.15. The van der Waals surface area contributed by atoms with E-state index in [2.05, 4.69) is 20.8 Å². The Kier molecular flexibility index (Phi) is 4.66. The summed E-state index contributed by atoms with van der Waals surface area (Å²) < 4.78 is 10.8. The summed E-state index contributed by atoms with van der Waals surface area (Å²) >= 11 is 0. The Hall–Kier alpha value is -3.42. The van der Waals surface area contributed by atoms with Crippen LogP contribution in [0.1, 0.15) is 16.1 Å². The molecule has 8 nitrogen and oxygen atoms in total. The molecule has 24 heavy (non-hydrogen) atoms. The van der Waals surface area contributed by atoms with Crippen molar-refractivity contribution in [3.8, 4) is 11.5 Å². The first-order chi connectivity index (χ1) is 11.7. The van der Waals surface area contributed by atoms with Gasteiger partial charge in [-0.15, -0.1) is 0 Å². The SMILES string of the molecule is O=C(C=Cc1cnccn1)NNC(=O)c1ccc2c(c1)OCCO2. The number of ether oxygens (including phenoxy) is 2. The van der Waals surface area contributed by atoms with Gasteiger partial charge in [-0.25, -0.2) is 0 Å². The predicted octanol–water partition coefficient (Wildman–Crippen LogP) is 0.722. The van der Waals surface area contributed by atoms with E-state index in [0.717, 1.165) is 0 Å². The van der Waals surface area contributed by atoms with Crippen LogP contribution in [0.15, 0.2) is 42.9 Å². The molecule has 2 heterocycles. The predicted molar refractivity (Wildman–Crippen MR) is 84.1 cm³/mol. The molecule has 1 aliphatic heterocycles. The summed E-state index contributed by atoms with van der Waals surface area (Å²) in [6.45, 7) is 0.911. The normalized spacial score (nSPS) is 12.7. The fourth-order valence-electron chi connectivity index (χ4n) is 1.97. The number of rotatable bonds is 3. The van der Waals surface area contributed by atoms with Gasteiger partial charge in [0.1, 0.15) is 13.2 Å². The summed E-state index contributed by atoms with van der Waals surface area (Å²) in [5, 5.41) is 0. The number of benzene rings is 1. The summed E-state index contributed by atoms with van der Waals surface area (Å²) in [4.78, 5) is 31.6. The van der Waals surface area contributed by atoms with E-state index >= 15 is 0 Å². The molecule has 0 aliphatic carbocycles. The Balaban J connectivity index is 1.55. The molecule has 0 atom stereocenters. The van der Waals surface area contributed by atoms with Crippen molar-refractivity contribution in [1.29, 1.82) is 0 Å². The first-order valence-corrected chi connectivity index (χ1v) is 7.16. The second-order valence-corrected chi connectivity index (χ2v) is 4.77. The molecule has 2 aromatic rings. The summed E-state index contributed by atoms with van der Waals surface area (Å²) in [5.41, 5.74) is 5.48. The number of hydrazine groups is 1. The van der Waals surface area contributed by atoms with Gasteiger partial charge < -0.3 is 9.47 Å². The third-order valence-corrected chi connectivity index (χ3v) is 3.09. The zero-order valence-electron chi connectivity index (χ0n) is 12.6. The Morgan fingerprint density at radius 3 is 2.71 bits per heavy atom. The zero-order chi connectivity index (χ0) is 16.8. The van der Waals surface area contributed by atoms with Crippen LogP contribution in [-0.2, 0) is 4.79 Å². The molecule has 2 N–H and O–H groups in total. The summed E-state index contributed by atoms with van der Waals surface area (Å²) in [6.07, 6.45) is 7.29. The van der Waals surface area contributed by atoms with Crippen molar-refractivity contribution in [1.82, 2.24) is 20.8 Å². The average Bonchev–Trinajstić information content (AvgIpc) is 2.65. The van der Waals surface area contributed by atoms with Crippen molar-refractivity contribution >= 4 is 17.9 Å². The molecule has 0 spiro atoms. The van der Waals surface area contributed by atoms with Gasteiger partial charge in [0.05, 0.1) is 11.9 Å². The highest BCUT2D eigenvalue weighted by Crippen LogP contribution is 2.30. The van der Waals surface area contributed by atoms with Crippen LogP contribution in [0.25, 0.3) is 6.08 Å². The van der Waals surface area contributed by atoms with Crippen LogP contribution in [0.3, 0.4) is 0 Å². The zero-order valence-corrected chi connectivity index (χ0v) is 12.6. The third kappa shape index (κ3) is 3.86. The number of nitrogens with zero attached hydrogens (tertiary/aromatic N) is 2. The van der Waals surface area contributed by atoms with E-state index in [1.165, 1.54) is 30.7 Å². The Labute approximate surface area is 137 Å². The largest absolute Gasteiger partial charge is 0.486 e. The molecule has 0 saturated carbocycles. The average molecular weight is 326 g/mol. The first kappa shape index (κ1) is 15.5. The fourth-order valence-corrected chi connectivity index (χ4v) is 1.97. The minimum atomic E-state index is -0.494. The van der Waals surface area contributed by atoms with E-state index < -0.39 is 11.8 Å². The molecule has 8 heteroatoms. The highest BCUT2D eigenvalue weighted by atomic mass is 16.6. The molecular formula is C16H14N4O4. The third-order valence-electron chi connectivity index (χ3n) is 3.09. The lowest BCUT2D eigenvalue weighted by Crippen LogP contribution is -2.40. The van der Waals surface area contributed by atoms with Gasteiger partial charge >= 0.3 is 0 Å². The molecule has 1 aromatic carbocycles. The molecule has 2 amide bonds. The maximum absolute atomic E-state index is 12.0. The lowest BCUT2D eigenvalue weighted by molar-refractivity contribution is -0.117. The lowest BCUT2D eigenvalue weighted by atomic mass is 10.2. The molecule has 0 radical (unpaired) electrons. The quantitative estimate of drug-likeness (QED) is 0.636. The van der Waals surface area contributed by atoms with Crippen molar-refractivity contribution in [2.45, 2.75) is 0 Å². The van der Waals surface area contributed by atoms with Crippen LogP contribution in [0.2, 0.25) is 0 Å². The first-order valence-electron chi connectivity index (χ1n) is 7.16. The Morgan fingerprint density at radius 1 is 1.08 bits per heavy atom. The highest BCUT2D eigenvalue weighted by molar-refractivity contribution is 5.98. The monoisotopic (exact) mass is 326 g/mol. The summed E-state index contributed by atoms with van der Waals surface area (Å²) in [6, 6.07) is 4.80. The van der Waals surface area contributed by atoms with E-state index in [1.807, 2.05) is 0 Å². The second-order valence-electron chi connectivity index (χ2n) is 4.77. The molecule has 1 aliphatic rings. The van der Waals surface area contributed by atoms with E-state index in [4.69, 9.17) is 9.47 Å². The van der Waals surface area contributed by atoms with Crippen LogP contribution in [0.4, 0.5) is 0 Å². The van der Waals surface area contributed by atoms with Gasteiger partial charge in [0.2, 0.25) is 0 Å². The molecular weight excluding hydrogens is 312 g/mol. The summed E-state index contributed by atoms with van der Waals surface area (Å²) in [5.74, 6) is 0.135. The van der Waals surface area contributed by atoms with E-state index in [-0.39, 0.29) is 0 Å². The molecule has 0 fully saturated rings. The van der Waals surface area contributed by atoms with Crippen LogP contribution in [0.5, 0.6) is 11.5 Å². The molecule has 0 saturated heterocycles. The van der Waals surface area contributed by atoms with Crippen molar-refractivity contribution < 1.29 is 19.1 Å². The minimum Gasteiger partial charge on any atom is -0.486 e. The number of amides is 2. The van der Waals surface area contributed by atoms with Crippen molar-refractivity contribution in [3.05, 3.63) is 54.1 Å². The lowest BCUT2D eigenvalue weighted by Gasteiger charge is -2.18. The van der Waals surface area contributed by atoms with Gasteiger partial charge in [-0.1, -0.05) is 0 Å². The van der Waals surface area contributed by atoms with Crippen molar-refractivity contribution in [2.24, 2.45) is 0 Å². The number of nitrogens with one attached hydrogen (secondary N) is 2. The van der Waals surface area contributed by atoms with E-state index in [0.29, 0.717) is 36.0 Å².